The van der Waals surface area contributed by atoms with Crippen LogP contribution >= 0.6 is 11.3 Å². The van der Waals surface area contributed by atoms with Gasteiger partial charge in [0.15, 0.2) is 14.6 Å². The molecule has 1 atom stereocenters. The molecule has 32 heavy (non-hydrogen) atoms. The molecule has 1 fully saturated rings. The van der Waals surface area contributed by atoms with Gasteiger partial charge in [0, 0.05) is 19.6 Å². The molecule has 0 bridgehead atoms. The summed E-state index contributed by atoms with van der Waals surface area (Å²) in [5, 5.41) is 0. The molecule has 174 valence electrons. The van der Waals surface area contributed by atoms with Crippen molar-refractivity contribution in [2.24, 2.45) is 12.0 Å². The third-order valence-electron chi connectivity index (χ3n) is 5.56. The van der Waals surface area contributed by atoms with Crippen LogP contribution < -0.4 is 4.80 Å². The van der Waals surface area contributed by atoms with E-state index in [1.54, 1.807) is 34.7 Å². The van der Waals surface area contributed by atoms with Gasteiger partial charge in [0.1, 0.15) is 11.5 Å². The van der Waals surface area contributed by atoms with Crippen molar-refractivity contribution in [2.75, 3.05) is 25.2 Å². The molecule has 2 heterocycles. The number of carbonyl (C=O) groups excluding carboxylic acids is 3. The van der Waals surface area contributed by atoms with Gasteiger partial charge >= 0.3 is 5.97 Å². The lowest BCUT2D eigenvalue weighted by Gasteiger charge is -2.35. The second-order valence-electron chi connectivity index (χ2n) is 7.80. The zero-order valence-electron chi connectivity index (χ0n) is 18.4. The Labute approximate surface area is 190 Å². The highest BCUT2D eigenvalue weighted by Gasteiger charge is 2.29. The van der Waals surface area contributed by atoms with Gasteiger partial charge in [0.2, 0.25) is 5.91 Å². The number of sulfone groups is 1. The number of hydrogen-bond donors (Lipinski definition) is 0. The molecule has 11 heteroatoms. The maximum Gasteiger partial charge on any atom is 0.337 e. The van der Waals surface area contributed by atoms with Crippen LogP contribution in [0.25, 0.3) is 10.2 Å². The van der Waals surface area contributed by atoms with Crippen LogP contribution in [0.4, 0.5) is 0 Å². The largest absolute Gasteiger partial charge is 0.465 e. The molecular weight excluding hydrogens is 454 g/mol. The van der Waals surface area contributed by atoms with E-state index >= 15 is 0 Å². The number of hydrogen-bond acceptors (Lipinski definition) is 7. The first kappa shape index (κ1) is 24.1. The molecule has 2 aromatic rings. The summed E-state index contributed by atoms with van der Waals surface area (Å²) in [6, 6.07) is 5.00. The molecule has 3 rings (SSSR count). The summed E-state index contributed by atoms with van der Waals surface area (Å²) >= 11 is 1.16. The Balaban J connectivity index is 1.76. The third kappa shape index (κ3) is 5.44. The maximum absolute atomic E-state index is 12.6. The summed E-state index contributed by atoms with van der Waals surface area (Å²) in [6.45, 7) is 2.53. The minimum absolute atomic E-state index is 0.0549. The first-order valence-electron chi connectivity index (χ1n) is 10.4. The third-order valence-corrected chi connectivity index (χ3v) is 8.02. The van der Waals surface area contributed by atoms with Crippen LogP contribution in [0.2, 0.25) is 0 Å². The molecule has 0 radical (unpaired) electrons. The number of fused-ring (bicyclic) bond motifs is 1. The Morgan fingerprint density at radius 3 is 2.66 bits per heavy atom. The molecule has 0 aliphatic carbocycles. The first-order chi connectivity index (χ1) is 15.1. The van der Waals surface area contributed by atoms with Gasteiger partial charge in [-0.3, -0.25) is 9.59 Å². The van der Waals surface area contributed by atoms with Gasteiger partial charge in [-0.2, -0.15) is 4.99 Å². The Hall–Kier alpha value is -2.53. The number of amides is 2. The predicted molar refractivity (Wildman–Crippen MR) is 121 cm³/mol. The van der Waals surface area contributed by atoms with Gasteiger partial charge < -0.3 is 14.2 Å². The molecule has 9 nitrogen and oxygen atoms in total. The number of piperidine rings is 1. The van der Waals surface area contributed by atoms with Gasteiger partial charge in [0.25, 0.3) is 5.91 Å². The van der Waals surface area contributed by atoms with Crippen LogP contribution in [-0.2, 0) is 31.2 Å². The van der Waals surface area contributed by atoms with Crippen molar-refractivity contribution >= 4 is 49.2 Å². The van der Waals surface area contributed by atoms with Crippen molar-refractivity contribution in [1.82, 2.24) is 9.47 Å². The van der Waals surface area contributed by atoms with E-state index in [0.717, 1.165) is 42.5 Å². The number of aryl methyl sites for hydroxylation is 1. The highest BCUT2D eigenvalue weighted by molar-refractivity contribution is 7.92. The van der Waals surface area contributed by atoms with Crippen molar-refractivity contribution in [1.29, 1.82) is 0 Å². The van der Waals surface area contributed by atoms with E-state index in [0.29, 0.717) is 21.6 Å². The summed E-state index contributed by atoms with van der Waals surface area (Å²) in [7, 11) is -0.958. The van der Waals surface area contributed by atoms with Gasteiger partial charge in [-0.1, -0.05) is 18.3 Å². The van der Waals surface area contributed by atoms with Crippen LogP contribution in [0.1, 0.15) is 43.0 Å². The highest BCUT2D eigenvalue weighted by atomic mass is 32.2. The summed E-state index contributed by atoms with van der Waals surface area (Å²) < 4.78 is 32.1. The second kappa shape index (κ2) is 9.95. The van der Waals surface area contributed by atoms with Crippen molar-refractivity contribution in [2.45, 2.75) is 38.6 Å². The van der Waals surface area contributed by atoms with Crippen molar-refractivity contribution in [3.63, 3.8) is 0 Å². The summed E-state index contributed by atoms with van der Waals surface area (Å²) in [5.41, 5.74) is 1.10. The van der Waals surface area contributed by atoms with Crippen molar-refractivity contribution in [3.8, 4) is 0 Å². The topological polar surface area (TPSA) is 115 Å². The standard InChI is InChI=1S/C21H27N3O6S2/c1-4-15-7-5-6-10-24(15)19(26)13-32(28,29)12-18(25)22-21-23(2)16-9-8-14(20(27)30-3)11-17(16)31-21/h8-9,11,15H,4-7,10,12-13H2,1-3H3. The lowest BCUT2D eigenvalue weighted by atomic mass is 10.0. The van der Waals surface area contributed by atoms with E-state index in [1.165, 1.54) is 7.11 Å². The number of methoxy groups -OCH3 is 1. The molecule has 0 saturated carbocycles. The minimum Gasteiger partial charge on any atom is -0.465 e. The number of rotatable bonds is 6. The predicted octanol–water partition coefficient (Wildman–Crippen LogP) is 1.66. The van der Waals surface area contributed by atoms with Gasteiger partial charge in [-0.05, 0) is 43.9 Å². The second-order valence-corrected chi connectivity index (χ2v) is 10.9. The average Bonchev–Trinajstić information content (AvgIpc) is 3.06. The molecule has 1 saturated heterocycles. The zero-order chi connectivity index (χ0) is 23.5. The number of likely N-dealkylation sites (tertiary alicyclic amines) is 1. The first-order valence-corrected chi connectivity index (χ1v) is 13.0. The van der Waals surface area contributed by atoms with E-state index in [2.05, 4.69) is 4.99 Å². The van der Waals surface area contributed by atoms with Gasteiger partial charge in [-0.15, -0.1) is 0 Å². The molecule has 1 aliphatic heterocycles. The summed E-state index contributed by atoms with van der Waals surface area (Å²) in [5.74, 6) is -3.28. The van der Waals surface area contributed by atoms with E-state index in [-0.39, 0.29) is 6.04 Å². The number of nitrogens with zero attached hydrogens (tertiary/aromatic N) is 3. The van der Waals surface area contributed by atoms with Crippen LogP contribution in [0, 0.1) is 0 Å². The fraction of sp³-hybridized carbons (Fsp3) is 0.524. The number of ether oxygens (including phenoxy) is 1. The molecule has 1 aromatic carbocycles. The number of carbonyl (C=O) groups is 3. The molecule has 1 unspecified atom stereocenters. The monoisotopic (exact) mass is 481 g/mol. The van der Waals surface area contributed by atoms with Crippen molar-refractivity contribution < 1.29 is 27.5 Å². The van der Waals surface area contributed by atoms with E-state index in [9.17, 15) is 22.8 Å². The molecule has 1 aliphatic rings. The lowest BCUT2D eigenvalue weighted by Crippen LogP contribution is -2.46. The van der Waals surface area contributed by atoms with Crippen LogP contribution in [-0.4, -0.2) is 66.9 Å². The Bertz CT molecular complexity index is 1210. The highest BCUT2D eigenvalue weighted by Crippen LogP contribution is 2.20. The maximum atomic E-state index is 12.6. The molecule has 1 aromatic heterocycles. The van der Waals surface area contributed by atoms with E-state index in [4.69, 9.17) is 4.74 Å². The number of esters is 1. The molecule has 0 N–H and O–H groups in total. The quantitative estimate of drug-likeness (QED) is 0.580. The fourth-order valence-corrected chi connectivity index (χ4v) is 6.05. The number of aromatic nitrogens is 1. The van der Waals surface area contributed by atoms with Gasteiger partial charge in [-0.25, -0.2) is 13.2 Å². The van der Waals surface area contributed by atoms with Gasteiger partial charge in [0.05, 0.1) is 22.9 Å². The Kier molecular flexibility index (Phi) is 7.50. The molecule has 2 amide bonds. The van der Waals surface area contributed by atoms with E-state index < -0.39 is 39.1 Å². The molecule has 0 spiro atoms. The van der Waals surface area contributed by atoms with Crippen LogP contribution in [0.3, 0.4) is 0 Å². The minimum atomic E-state index is -3.95. The zero-order valence-corrected chi connectivity index (χ0v) is 20.0. The average molecular weight is 482 g/mol. The number of benzene rings is 1. The normalized spacial score (nSPS) is 17.5. The van der Waals surface area contributed by atoms with E-state index in [1.807, 2.05) is 6.92 Å². The van der Waals surface area contributed by atoms with Crippen molar-refractivity contribution in [3.05, 3.63) is 28.6 Å². The fourth-order valence-electron chi connectivity index (χ4n) is 3.89. The Morgan fingerprint density at radius 2 is 1.97 bits per heavy atom. The Morgan fingerprint density at radius 1 is 1.22 bits per heavy atom. The summed E-state index contributed by atoms with van der Waals surface area (Å²) in [6.07, 6.45) is 3.53. The smallest absolute Gasteiger partial charge is 0.337 e. The summed E-state index contributed by atoms with van der Waals surface area (Å²) in [4.78, 5) is 42.6. The molecular formula is C21H27N3O6S2. The van der Waals surface area contributed by atoms with Crippen LogP contribution in [0.15, 0.2) is 23.2 Å². The van der Waals surface area contributed by atoms with Crippen LogP contribution in [0.5, 0.6) is 0 Å². The lowest BCUT2D eigenvalue weighted by molar-refractivity contribution is -0.132. The SMILES string of the molecule is CCC1CCCCN1C(=O)CS(=O)(=O)CC(=O)N=c1sc2cc(C(=O)OC)ccc2n1C. The number of thiazole rings is 1.